The molecule has 2 aromatic carbocycles. The zero-order valence-electron chi connectivity index (χ0n) is 10.2. The Balaban J connectivity index is 2.18. The molecule has 3 nitrogen and oxygen atoms in total. The highest BCUT2D eigenvalue weighted by molar-refractivity contribution is 6.32. The van der Waals surface area contributed by atoms with E-state index in [2.05, 4.69) is 4.98 Å². The molecule has 1 aromatic heterocycles. The lowest BCUT2D eigenvalue weighted by Gasteiger charge is -2.04. The first-order chi connectivity index (χ1) is 9.56. The van der Waals surface area contributed by atoms with Gasteiger partial charge in [-0.2, -0.15) is 0 Å². The van der Waals surface area contributed by atoms with Crippen LogP contribution in [0.4, 0.5) is 4.39 Å². The molecule has 0 fully saturated rings. The summed E-state index contributed by atoms with van der Waals surface area (Å²) in [5, 5.41) is 19.4. The summed E-state index contributed by atoms with van der Waals surface area (Å²) in [6, 6.07) is 10.7. The molecular weight excluding hydrogens is 279 g/mol. The number of hydrogen-bond donors (Lipinski definition) is 3. The number of fused-ring (bicyclic) bond motifs is 1. The van der Waals surface area contributed by atoms with E-state index in [1.54, 1.807) is 18.2 Å². The first-order valence-electron chi connectivity index (χ1n) is 5.91. The zero-order valence-corrected chi connectivity index (χ0v) is 11.0. The van der Waals surface area contributed by atoms with Crippen LogP contribution in [0.25, 0.3) is 10.9 Å². The standard InChI is InChI=1S/C15H10ClFN2O/c16-9-3-6-12-11(7-9)13(15(20)19-12)14(18)8-1-4-10(17)5-2-8/h1-7,18-20H. The van der Waals surface area contributed by atoms with Gasteiger partial charge in [-0.3, -0.25) is 5.41 Å². The van der Waals surface area contributed by atoms with Crippen molar-refractivity contribution in [3.8, 4) is 5.88 Å². The summed E-state index contributed by atoms with van der Waals surface area (Å²) in [5.74, 6) is -0.468. The monoisotopic (exact) mass is 288 g/mol. The topological polar surface area (TPSA) is 59.9 Å². The van der Waals surface area contributed by atoms with Gasteiger partial charge in [0.25, 0.3) is 0 Å². The number of nitrogens with one attached hydrogen (secondary N) is 2. The highest BCUT2D eigenvalue weighted by atomic mass is 35.5. The van der Waals surface area contributed by atoms with Gasteiger partial charge in [-0.05, 0) is 42.5 Å². The molecule has 3 rings (SSSR count). The minimum absolute atomic E-state index is 0.100. The summed E-state index contributed by atoms with van der Waals surface area (Å²) >= 11 is 5.96. The van der Waals surface area contributed by atoms with Crippen LogP contribution < -0.4 is 0 Å². The SMILES string of the molecule is N=C(c1ccc(F)cc1)c1c(O)[nH]c2ccc(Cl)cc12. The van der Waals surface area contributed by atoms with E-state index in [4.69, 9.17) is 17.0 Å². The lowest BCUT2D eigenvalue weighted by Crippen LogP contribution is -2.00. The molecule has 0 amide bonds. The second kappa shape index (κ2) is 4.65. The molecule has 0 spiro atoms. The van der Waals surface area contributed by atoms with Crippen LogP contribution in [0.1, 0.15) is 11.1 Å². The van der Waals surface area contributed by atoms with Gasteiger partial charge in [-0.15, -0.1) is 0 Å². The van der Waals surface area contributed by atoms with Crippen molar-refractivity contribution in [1.82, 2.24) is 4.98 Å². The van der Waals surface area contributed by atoms with Gasteiger partial charge in [-0.25, -0.2) is 4.39 Å². The molecule has 0 atom stereocenters. The van der Waals surface area contributed by atoms with Gasteiger partial charge in [-0.1, -0.05) is 11.6 Å². The van der Waals surface area contributed by atoms with E-state index in [0.29, 0.717) is 27.1 Å². The average Bonchev–Trinajstić information content (AvgIpc) is 2.74. The molecule has 0 unspecified atom stereocenters. The zero-order chi connectivity index (χ0) is 14.3. The van der Waals surface area contributed by atoms with Gasteiger partial charge >= 0.3 is 0 Å². The lowest BCUT2D eigenvalue weighted by molar-refractivity contribution is 0.457. The summed E-state index contributed by atoms with van der Waals surface area (Å²) < 4.78 is 12.9. The normalized spacial score (nSPS) is 10.9. The molecule has 5 heteroatoms. The number of aromatic hydroxyl groups is 1. The molecule has 0 bridgehead atoms. The molecular formula is C15H10ClFN2O. The predicted molar refractivity (Wildman–Crippen MR) is 77.3 cm³/mol. The Bertz CT molecular complexity index is 809. The van der Waals surface area contributed by atoms with Crippen LogP contribution in [0, 0.1) is 11.2 Å². The largest absolute Gasteiger partial charge is 0.494 e. The fourth-order valence-electron chi connectivity index (χ4n) is 2.16. The molecule has 0 aliphatic carbocycles. The van der Waals surface area contributed by atoms with Crippen molar-refractivity contribution in [1.29, 1.82) is 5.41 Å². The van der Waals surface area contributed by atoms with Crippen molar-refractivity contribution in [3.63, 3.8) is 0 Å². The van der Waals surface area contributed by atoms with Crippen LogP contribution in [0.2, 0.25) is 5.02 Å². The fourth-order valence-corrected chi connectivity index (χ4v) is 2.34. The second-order valence-electron chi connectivity index (χ2n) is 4.42. The fraction of sp³-hybridized carbons (Fsp3) is 0. The van der Waals surface area contributed by atoms with Crippen LogP contribution in [0.3, 0.4) is 0 Å². The van der Waals surface area contributed by atoms with Gasteiger partial charge in [0.05, 0.1) is 11.3 Å². The maximum absolute atomic E-state index is 12.9. The van der Waals surface area contributed by atoms with Gasteiger partial charge < -0.3 is 10.1 Å². The molecule has 0 saturated carbocycles. The third kappa shape index (κ3) is 2.04. The molecule has 100 valence electrons. The first kappa shape index (κ1) is 12.7. The van der Waals surface area contributed by atoms with Crippen LogP contribution in [0.5, 0.6) is 5.88 Å². The Morgan fingerprint density at radius 3 is 2.55 bits per heavy atom. The highest BCUT2D eigenvalue weighted by Gasteiger charge is 2.17. The Morgan fingerprint density at radius 2 is 1.85 bits per heavy atom. The number of aromatic amines is 1. The highest BCUT2D eigenvalue weighted by Crippen LogP contribution is 2.31. The summed E-state index contributed by atoms with van der Waals surface area (Å²) in [6.45, 7) is 0. The number of H-pyrrole nitrogens is 1. The van der Waals surface area contributed by atoms with Gasteiger partial charge in [0, 0.05) is 21.5 Å². The van der Waals surface area contributed by atoms with Crippen LogP contribution in [-0.2, 0) is 0 Å². The van der Waals surface area contributed by atoms with Gasteiger partial charge in [0.2, 0.25) is 0 Å². The summed E-state index contributed by atoms with van der Waals surface area (Å²) in [5.41, 5.74) is 1.67. The quantitative estimate of drug-likeness (QED) is 0.611. The molecule has 0 radical (unpaired) electrons. The lowest BCUT2D eigenvalue weighted by atomic mass is 10.0. The molecule has 20 heavy (non-hydrogen) atoms. The van der Waals surface area contributed by atoms with Crippen molar-refractivity contribution in [2.45, 2.75) is 0 Å². The summed E-state index contributed by atoms with van der Waals surface area (Å²) in [7, 11) is 0. The maximum Gasteiger partial charge on any atom is 0.199 e. The Hall–Kier alpha value is -2.33. The van der Waals surface area contributed by atoms with Crippen LogP contribution in [0.15, 0.2) is 42.5 Å². The third-order valence-corrected chi connectivity index (χ3v) is 3.36. The van der Waals surface area contributed by atoms with E-state index in [0.717, 1.165) is 0 Å². The Labute approximate surface area is 119 Å². The van der Waals surface area contributed by atoms with E-state index >= 15 is 0 Å². The number of benzene rings is 2. The van der Waals surface area contributed by atoms with E-state index in [9.17, 15) is 9.50 Å². The minimum Gasteiger partial charge on any atom is -0.494 e. The van der Waals surface area contributed by atoms with Crippen molar-refractivity contribution >= 4 is 28.2 Å². The average molecular weight is 289 g/mol. The maximum atomic E-state index is 12.9. The van der Waals surface area contributed by atoms with E-state index in [1.165, 1.54) is 24.3 Å². The number of aromatic nitrogens is 1. The number of halogens is 2. The van der Waals surface area contributed by atoms with Crippen molar-refractivity contribution in [2.75, 3.05) is 0 Å². The van der Waals surface area contributed by atoms with E-state index < -0.39 is 0 Å². The molecule has 3 N–H and O–H groups in total. The smallest absolute Gasteiger partial charge is 0.199 e. The number of hydrogen-bond acceptors (Lipinski definition) is 2. The first-order valence-corrected chi connectivity index (χ1v) is 6.29. The Kier molecular flexibility index (Phi) is 2.95. The Morgan fingerprint density at radius 1 is 1.15 bits per heavy atom. The van der Waals surface area contributed by atoms with Crippen molar-refractivity contribution < 1.29 is 9.50 Å². The van der Waals surface area contributed by atoms with Gasteiger partial charge in [0.15, 0.2) is 5.88 Å². The number of rotatable bonds is 2. The predicted octanol–water partition coefficient (Wildman–Crippen LogP) is 4.08. The molecule has 3 aromatic rings. The van der Waals surface area contributed by atoms with E-state index in [1.807, 2.05) is 0 Å². The molecule has 0 saturated heterocycles. The van der Waals surface area contributed by atoms with Crippen LogP contribution in [-0.4, -0.2) is 15.8 Å². The molecule has 0 aliphatic rings. The van der Waals surface area contributed by atoms with E-state index in [-0.39, 0.29) is 17.4 Å². The minimum atomic E-state index is -0.368. The molecule has 1 heterocycles. The van der Waals surface area contributed by atoms with Gasteiger partial charge in [0.1, 0.15) is 5.82 Å². The summed E-state index contributed by atoms with van der Waals surface area (Å²) in [4.78, 5) is 2.80. The van der Waals surface area contributed by atoms with Crippen molar-refractivity contribution in [2.24, 2.45) is 0 Å². The molecule has 0 aliphatic heterocycles. The summed E-state index contributed by atoms with van der Waals surface area (Å²) in [6.07, 6.45) is 0. The third-order valence-electron chi connectivity index (χ3n) is 3.12. The second-order valence-corrected chi connectivity index (χ2v) is 4.86. The van der Waals surface area contributed by atoms with Crippen LogP contribution >= 0.6 is 11.6 Å². The van der Waals surface area contributed by atoms with Crippen molar-refractivity contribution in [3.05, 3.63) is 64.4 Å².